The van der Waals surface area contributed by atoms with Gasteiger partial charge in [-0.15, -0.1) is 0 Å². The quantitative estimate of drug-likeness (QED) is 0.695. The van der Waals surface area contributed by atoms with Gasteiger partial charge in [-0.25, -0.2) is 4.39 Å². The van der Waals surface area contributed by atoms with E-state index in [9.17, 15) is 18.8 Å². The number of hydrogen-bond donors (Lipinski definition) is 2. The Morgan fingerprint density at radius 2 is 1.81 bits per heavy atom. The molecule has 0 bridgehead atoms. The van der Waals surface area contributed by atoms with Crippen molar-refractivity contribution in [3.05, 3.63) is 71.0 Å². The molecule has 0 aromatic heterocycles. The van der Waals surface area contributed by atoms with E-state index in [0.29, 0.717) is 43.6 Å². The molecular weight excluding hydrogens is 409 g/mol. The molecule has 7 heteroatoms. The van der Waals surface area contributed by atoms with Crippen molar-refractivity contribution < 1.29 is 18.8 Å². The minimum absolute atomic E-state index is 0.101. The maximum atomic E-state index is 13.5. The van der Waals surface area contributed by atoms with Gasteiger partial charge in [0.1, 0.15) is 11.9 Å². The van der Waals surface area contributed by atoms with E-state index in [1.54, 1.807) is 23.1 Å². The fraction of sp³-hybridized carbons (Fsp3) is 0.400. The number of nitrogens with one attached hydrogen (secondary N) is 2. The molecule has 1 heterocycles. The molecule has 1 saturated heterocycles. The fourth-order valence-corrected chi connectivity index (χ4v) is 4.04. The fourth-order valence-electron chi connectivity index (χ4n) is 4.04. The highest BCUT2D eigenvalue weighted by molar-refractivity contribution is 5.98. The number of carbonyl (C=O) groups is 3. The molecule has 1 aliphatic rings. The number of piperidine rings is 1. The smallest absolute Gasteiger partial charge is 0.253 e. The number of rotatable bonds is 7. The zero-order chi connectivity index (χ0) is 23.1. The second kappa shape index (κ2) is 10.9. The number of hydrogen-bond acceptors (Lipinski definition) is 3. The molecule has 0 spiro atoms. The second-order valence-corrected chi connectivity index (χ2v) is 8.20. The summed E-state index contributed by atoms with van der Waals surface area (Å²) in [7, 11) is 0. The van der Waals surface area contributed by atoms with Crippen LogP contribution in [0.25, 0.3) is 0 Å². The summed E-state index contributed by atoms with van der Waals surface area (Å²) < 4.78 is 13.5. The minimum Gasteiger partial charge on any atom is -0.354 e. The third-order valence-electron chi connectivity index (χ3n) is 5.88. The molecule has 2 aromatic rings. The van der Waals surface area contributed by atoms with Crippen LogP contribution < -0.4 is 10.6 Å². The summed E-state index contributed by atoms with van der Waals surface area (Å²) in [6.45, 7) is 5.25. The van der Waals surface area contributed by atoms with Gasteiger partial charge >= 0.3 is 0 Å². The summed E-state index contributed by atoms with van der Waals surface area (Å²) in [6, 6.07) is 12.2. The Kier molecular flexibility index (Phi) is 7.98. The van der Waals surface area contributed by atoms with Crippen LogP contribution in [-0.4, -0.2) is 48.3 Å². The molecule has 170 valence electrons. The Morgan fingerprint density at radius 1 is 1.09 bits per heavy atom. The monoisotopic (exact) mass is 439 g/mol. The van der Waals surface area contributed by atoms with Gasteiger partial charge in [-0.1, -0.05) is 31.2 Å². The molecule has 32 heavy (non-hydrogen) atoms. The van der Waals surface area contributed by atoms with Gasteiger partial charge in [-0.2, -0.15) is 0 Å². The molecule has 1 fully saturated rings. The van der Waals surface area contributed by atoms with E-state index in [1.807, 2.05) is 26.0 Å². The van der Waals surface area contributed by atoms with Crippen LogP contribution in [0.15, 0.2) is 48.5 Å². The topological polar surface area (TPSA) is 78.5 Å². The highest BCUT2D eigenvalue weighted by Crippen LogP contribution is 2.23. The van der Waals surface area contributed by atoms with Crippen molar-refractivity contribution >= 4 is 17.7 Å². The zero-order valence-corrected chi connectivity index (χ0v) is 18.6. The van der Waals surface area contributed by atoms with Gasteiger partial charge in [0.25, 0.3) is 11.8 Å². The van der Waals surface area contributed by atoms with Gasteiger partial charge in [0.05, 0.1) is 0 Å². The van der Waals surface area contributed by atoms with Crippen LogP contribution in [0.3, 0.4) is 0 Å². The lowest BCUT2D eigenvalue weighted by Crippen LogP contribution is -2.54. The first kappa shape index (κ1) is 23.4. The lowest BCUT2D eigenvalue weighted by Gasteiger charge is -2.36. The number of halogens is 1. The first-order chi connectivity index (χ1) is 15.4. The summed E-state index contributed by atoms with van der Waals surface area (Å²) in [5, 5.41) is 5.82. The van der Waals surface area contributed by atoms with Gasteiger partial charge < -0.3 is 15.5 Å². The van der Waals surface area contributed by atoms with Crippen LogP contribution in [0.4, 0.5) is 4.39 Å². The van der Waals surface area contributed by atoms with Crippen molar-refractivity contribution in [2.75, 3.05) is 19.6 Å². The molecule has 0 unspecified atom stereocenters. The Balaban J connectivity index is 1.69. The Hall–Kier alpha value is -3.22. The lowest BCUT2D eigenvalue weighted by molar-refractivity contribution is -0.124. The number of amides is 3. The Bertz CT molecular complexity index is 970. The maximum absolute atomic E-state index is 13.5. The van der Waals surface area contributed by atoms with Gasteiger partial charge in [-0.05, 0) is 61.9 Å². The second-order valence-electron chi connectivity index (χ2n) is 8.20. The van der Waals surface area contributed by atoms with Crippen LogP contribution in [0.2, 0.25) is 0 Å². The number of benzene rings is 2. The van der Waals surface area contributed by atoms with Crippen LogP contribution in [0.1, 0.15) is 52.5 Å². The number of likely N-dealkylation sites (tertiary alicyclic amines) is 1. The molecule has 0 saturated carbocycles. The zero-order valence-electron chi connectivity index (χ0n) is 18.6. The van der Waals surface area contributed by atoms with Gasteiger partial charge in [-0.3, -0.25) is 14.4 Å². The molecule has 3 amide bonds. The van der Waals surface area contributed by atoms with Crippen molar-refractivity contribution in [1.82, 2.24) is 15.5 Å². The number of nitrogens with zero attached hydrogens (tertiary/aromatic N) is 1. The minimum atomic E-state index is -0.680. The largest absolute Gasteiger partial charge is 0.354 e. The normalized spacial score (nSPS) is 15.2. The molecule has 2 N–H and O–H groups in total. The third kappa shape index (κ3) is 5.72. The van der Waals surface area contributed by atoms with E-state index in [0.717, 1.165) is 12.0 Å². The number of carbonyl (C=O) groups excluding carboxylic acids is 3. The van der Waals surface area contributed by atoms with Crippen molar-refractivity contribution in [2.45, 2.75) is 39.2 Å². The predicted octanol–water partition coefficient (Wildman–Crippen LogP) is 3.31. The SMILES string of the molecule is CCCNC(=O)[C@H](NC(=O)c1ccccc1C)C1CCN(C(=O)c2cccc(F)c2)CC1. The van der Waals surface area contributed by atoms with E-state index >= 15 is 0 Å². The van der Waals surface area contributed by atoms with Crippen molar-refractivity contribution in [1.29, 1.82) is 0 Å². The molecule has 2 aromatic carbocycles. The summed E-state index contributed by atoms with van der Waals surface area (Å²) in [5.41, 5.74) is 1.70. The lowest BCUT2D eigenvalue weighted by atomic mass is 9.88. The van der Waals surface area contributed by atoms with Crippen molar-refractivity contribution in [3.63, 3.8) is 0 Å². The van der Waals surface area contributed by atoms with Gasteiger partial charge in [0.15, 0.2) is 0 Å². The molecule has 1 aliphatic heterocycles. The van der Waals surface area contributed by atoms with Crippen LogP contribution in [0, 0.1) is 18.7 Å². The van der Waals surface area contributed by atoms with E-state index in [-0.39, 0.29) is 23.6 Å². The first-order valence-corrected chi connectivity index (χ1v) is 11.1. The molecule has 1 atom stereocenters. The number of aryl methyl sites for hydroxylation is 1. The van der Waals surface area contributed by atoms with E-state index < -0.39 is 11.9 Å². The summed E-state index contributed by atoms with van der Waals surface area (Å²) in [5.74, 6) is -1.26. The molecule has 0 radical (unpaired) electrons. The molecule has 3 rings (SSSR count). The Labute approximate surface area is 188 Å². The average Bonchev–Trinajstić information content (AvgIpc) is 2.81. The predicted molar refractivity (Wildman–Crippen MR) is 121 cm³/mol. The average molecular weight is 440 g/mol. The van der Waals surface area contributed by atoms with E-state index in [4.69, 9.17) is 0 Å². The molecule has 0 aliphatic carbocycles. The first-order valence-electron chi connectivity index (χ1n) is 11.1. The van der Waals surface area contributed by atoms with Crippen LogP contribution in [0.5, 0.6) is 0 Å². The van der Waals surface area contributed by atoms with Gasteiger partial charge in [0, 0.05) is 30.8 Å². The summed E-state index contributed by atoms with van der Waals surface area (Å²) >= 11 is 0. The van der Waals surface area contributed by atoms with Crippen LogP contribution >= 0.6 is 0 Å². The van der Waals surface area contributed by atoms with E-state index in [2.05, 4.69) is 10.6 Å². The Morgan fingerprint density at radius 3 is 2.47 bits per heavy atom. The van der Waals surface area contributed by atoms with E-state index in [1.165, 1.54) is 18.2 Å². The highest BCUT2D eigenvalue weighted by Gasteiger charge is 2.34. The van der Waals surface area contributed by atoms with Gasteiger partial charge in [0.2, 0.25) is 5.91 Å². The summed E-state index contributed by atoms with van der Waals surface area (Å²) in [4.78, 5) is 40.2. The van der Waals surface area contributed by atoms with Crippen LogP contribution in [-0.2, 0) is 4.79 Å². The molecule has 6 nitrogen and oxygen atoms in total. The van der Waals surface area contributed by atoms with Crippen molar-refractivity contribution in [2.24, 2.45) is 5.92 Å². The summed E-state index contributed by atoms with van der Waals surface area (Å²) in [6.07, 6.45) is 1.93. The highest BCUT2D eigenvalue weighted by atomic mass is 19.1. The van der Waals surface area contributed by atoms with Crippen molar-refractivity contribution in [3.8, 4) is 0 Å². The third-order valence-corrected chi connectivity index (χ3v) is 5.88. The standard InChI is InChI=1S/C25H30FN3O3/c1-3-13-27-24(31)22(28-23(30)21-10-5-4-7-17(21)2)18-11-14-29(15-12-18)25(32)19-8-6-9-20(26)16-19/h4-10,16,18,22H,3,11-15H2,1-2H3,(H,27,31)(H,28,30)/t22-/m1/s1. The maximum Gasteiger partial charge on any atom is 0.253 e. The molecular formula is C25H30FN3O3.